The average molecular weight is 496 g/mol. The van der Waals surface area contributed by atoms with Crippen LogP contribution in [-0.4, -0.2) is 37.3 Å². The van der Waals surface area contributed by atoms with Crippen LogP contribution in [0.4, 0.5) is 0 Å². The van der Waals surface area contributed by atoms with Crippen molar-refractivity contribution >= 4 is 29.9 Å². The van der Waals surface area contributed by atoms with Crippen molar-refractivity contribution in [3.05, 3.63) is 58.9 Å². The molecule has 152 valence electrons. The molecule has 0 bridgehead atoms. The van der Waals surface area contributed by atoms with Crippen molar-refractivity contribution in [1.82, 2.24) is 15.6 Å². The van der Waals surface area contributed by atoms with Gasteiger partial charge < -0.3 is 20.1 Å². The average Bonchev–Trinajstić information content (AvgIpc) is 3.16. The van der Waals surface area contributed by atoms with Crippen LogP contribution in [0.2, 0.25) is 0 Å². The number of ether oxygens (including phenoxy) is 2. The van der Waals surface area contributed by atoms with Crippen molar-refractivity contribution in [3.8, 4) is 5.75 Å². The summed E-state index contributed by atoms with van der Waals surface area (Å²) >= 11 is 0. The van der Waals surface area contributed by atoms with Crippen LogP contribution in [0.15, 0.2) is 41.4 Å². The molecule has 28 heavy (non-hydrogen) atoms. The van der Waals surface area contributed by atoms with Gasteiger partial charge in [-0.25, -0.2) is 0 Å². The lowest BCUT2D eigenvalue weighted by Crippen LogP contribution is -2.36. The van der Waals surface area contributed by atoms with Gasteiger partial charge >= 0.3 is 0 Å². The van der Waals surface area contributed by atoms with Gasteiger partial charge in [-0.1, -0.05) is 18.2 Å². The van der Waals surface area contributed by atoms with E-state index in [1.54, 1.807) is 7.05 Å². The molecule has 0 aliphatic carbocycles. The first-order chi connectivity index (χ1) is 13.1. The molecule has 0 amide bonds. The molecule has 0 radical (unpaired) electrons. The van der Waals surface area contributed by atoms with Gasteiger partial charge in [0.05, 0.1) is 25.5 Å². The van der Waals surface area contributed by atoms with Crippen molar-refractivity contribution in [1.29, 1.82) is 0 Å². The Morgan fingerprint density at radius 1 is 1.21 bits per heavy atom. The number of hydrogen-bond donors (Lipinski definition) is 2. The molecule has 1 saturated heterocycles. The van der Waals surface area contributed by atoms with E-state index < -0.39 is 0 Å². The summed E-state index contributed by atoms with van der Waals surface area (Å²) in [4.78, 5) is 8.80. The lowest BCUT2D eigenvalue weighted by Gasteiger charge is -2.18. The number of hydrogen-bond acceptors (Lipinski definition) is 4. The molecule has 1 aromatic heterocycles. The molecule has 6 nitrogen and oxygen atoms in total. The van der Waals surface area contributed by atoms with Gasteiger partial charge in [-0.15, -0.1) is 24.0 Å². The van der Waals surface area contributed by atoms with Crippen LogP contribution >= 0.6 is 24.0 Å². The van der Waals surface area contributed by atoms with Crippen molar-refractivity contribution in [2.24, 2.45) is 4.99 Å². The highest BCUT2D eigenvalue weighted by atomic mass is 127. The van der Waals surface area contributed by atoms with Gasteiger partial charge in [0.1, 0.15) is 11.9 Å². The summed E-state index contributed by atoms with van der Waals surface area (Å²) in [5.41, 5.74) is 4.28. The summed E-state index contributed by atoms with van der Waals surface area (Å²) in [6.45, 7) is 6.75. The van der Waals surface area contributed by atoms with Gasteiger partial charge in [0, 0.05) is 31.3 Å². The van der Waals surface area contributed by atoms with Crippen LogP contribution in [0.1, 0.15) is 28.9 Å². The number of rotatable bonds is 6. The lowest BCUT2D eigenvalue weighted by molar-refractivity contribution is 0.140. The second-order valence-electron chi connectivity index (χ2n) is 6.76. The lowest BCUT2D eigenvalue weighted by atomic mass is 10.1. The van der Waals surface area contributed by atoms with Crippen molar-refractivity contribution in [3.63, 3.8) is 0 Å². The van der Waals surface area contributed by atoms with E-state index in [-0.39, 0.29) is 30.1 Å². The highest BCUT2D eigenvalue weighted by Crippen LogP contribution is 2.23. The Hall–Kier alpha value is -1.87. The summed E-state index contributed by atoms with van der Waals surface area (Å²) in [5.74, 6) is 1.64. The predicted molar refractivity (Wildman–Crippen MR) is 122 cm³/mol. The van der Waals surface area contributed by atoms with E-state index in [1.165, 1.54) is 5.56 Å². The summed E-state index contributed by atoms with van der Waals surface area (Å²) in [5, 5.41) is 6.66. The summed E-state index contributed by atoms with van der Waals surface area (Å²) in [6, 6.07) is 12.3. The molecule has 7 heteroatoms. The Kier molecular flexibility index (Phi) is 8.98. The predicted octanol–water partition coefficient (Wildman–Crippen LogP) is 3.35. The normalized spacial score (nSPS) is 16.4. The van der Waals surface area contributed by atoms with Gasteiger partial charge in [0.25, 0.3) is 0 Å². The standard InChI is InChI=1S/C21H28N4O2.HI/c1-15-7-8-17(20(11-15)27-19-9-10-26-14-19)12-23-21(22-3)24-13-18-6-4-5-16(2)25-18;/h4-8,11,19H,9-10,12-14H2,1-3H3,(H2,22,23,24);1H. The largest absolute Gasteiger partial charge is 0.488 e. The molecule has 2 aromatic rings. The van der Waals surface area contributed by atoms with Crippen LogP contribution in [0.25, 0.3) is 0 Å². The van der Waals surface area contributed by atoms with E-state index in [4.69, 9.17) is 9.47 Å². The molecule has 2 N–H and O–H groups in total. The van der Waals surface area contributed by atoms with Gasteiger partial charge in [0.2, 0.25) is 0 Å². The zero-order valence-electron chi connectivity index (χ0n) is 16.7. The quantitative estimate of drug-likeness (QED) is 0.365. The van der Waals surface area contributed by atoms with Gasteiger partial charge in [-0.05, 0) is 37.6 Å². The number of nitrogens with one attached hydrogen (secondary N) is 2. The third kappa shape index (κ3) is 6.63. The fourth-order valence-corrected chi connectivity index (χ4v) is 2.97. The molecule has 0 spiro atoms. The smallest absolute Gasteiger partial charge is 0.191 e. The number of pyridine rings is 1. The van der Waals surface area contributed by atoms with E-state index in [1.807, 2.05) is 25.1 Å². The van der Waals surface area contributed by atoms with E-state index in [0.717, 1.165) is 41.7 Å². The number of guanidine groups is 1. The minimum atomic E-state index is 0. The fraction of sp³-hybridized carbons (Fsp3) is 0.429. The van der Waals surface area contributed by atoms with Crippen LogP contribution in [0.5, 0.6) is 5.75 Å². The summed E-state index contributed by atoms with van der Waals surface area (Å²) < 4.78 is 11.6. The Balaban J connectivity index is 0.00000280. The molecule has 1 aliphatic heterocycles. The topological polar surface area (TPSA) is 67.8 Å². The maximum Gasteiger partial charge on any atom is 0.191 e. The second kappa shape index (κ2) is 11.2. The zero-order valence-corrected chi connectivity index (χ0v) is 19.0. The van der Waals surface area contributed by atoms with Crippen LogP contribution in [0.3, 0.4) is 0 Å². The molecule has 1 unspecified atom stereocenters. The first-order valence-electron chi connectivity index (χ1n) is 9.35. The monoisotopic (exact) mass is 496 g/mol. The molecule has 0 saturated carbocycles. The highest BCUT2D eigenvalue weighted by Gasteiger charge is 2.18. The third-order valence-electron chi connectivity index (χ3n) is 4.46. The fourth-order valence-electron chi connectivity index (χ4n) is 2.97. The minimum Gasteiger partial charge on any atom is -0.488 e. The number of halogens is 1. The zero-order chi connectivity index (χ0) is 19.1. The van der Waals surface area contributed by atoms with E-state index >= 15 is 0 Å². The van der Waals surface area contributed by atoms with Crippen LogP contribution in [0, 0.1) is 13.8 Å². The first kappa shape index (κ1) is 22.4. The van der Waals surface area contributed by atoms with Crippen LogP contribution in [-0.2, 0) is 17.8 Å². The molecular weight excluding hydrogens is 467 g/mol. The third-order valence-corrected chi connectivity index (χ3v) is 4.46. The van der Waals surface area contributed by atoms with Crippen molar-refractivity contribution in [2.75, 3.05) is 20.3 Å². The number of aliphatic imine (C=N–C) groups is 1. The van der Waals surface area contributed by atoms with Crippen LogP contribution < -0.4 is 15.4 Å². The molecule has 1 atom stereocenters. The van der Waals surface area contributed by atoms with Gasteiger partial charge in [-0.2, -0.15) is 0 Å². The molecule has 1 fully saturated rings. The SMILES string of the molecule is CN=C(NCc1cccc(C)n1)NCc1ccc(C)cc1OC1CCOC1.I. The van der Waals surface area contributed by atoms with Gasteiger partial charge in [0.15, 0.2) is 5.96 Å². The maximum absolute atomic E-state index is 6.16. The Labute approximate surface area is 184 Å². The Morgan fingerprint density at radius 3 is 2.75 bits per heavy atom. The molecule has 1 aromatic carbocycles. The Morgan fingerprint density at radius 2 is 2.04 bits per heavy atom. The van der Waals surface area contributed by atoms with Crippen molar-refractivity contribution < 1.29 is 9.47 Å². The van der Waals surface area contributed by atoms with E-state index in [2.05, 4.69) is 45.7 Å². The highest BCUT2D eigenvalue weighted by molar-refractivity contribution is 14.0. The van der Waals surface area contributed by atoms with Gasteiger partial charge in [-0.3, -0.25) is 9.98 Å². The number of nitrogens with zero attached hydrogens (tertiary/aromatic N) is 2. The van der Waals surface area contributed by atoms with E-state index in [9.17, 15) is 0 Å². The maximum atomic E-state index is 6.16. The second-order valence-corrected chi connectivity index (χ2v) is 6.76. The number of benzene rings is 1. The van der Waals surface area contributed by atoms with E-state index in [0.29, 0.717) is 19.7 Å². The minimum absolute atomic E-state index is 0. The number of aryl methyl sites for hydroxylation is 2. The van der Waals surface area contributed by atoms with Crippen molar-refractivity contribution in [2.45, 2.75) is 39.5 Å². The molecule has 2 heterocycles. The molecular formula is C21H29IN4O2. The first-order valence-corrected chi connectivity index (χ1v) is 9.35. The summed E-state index contributed by atoms with van der Waals surface area (Å²) in [6.07, 6.45) is 1.07. The Bertz CT molecular complexity index is 792. The number of aromatic nitrogens is 1. The molecule has 1 aliphatic rings. The molecule has 3 rings (SSSR count). The summed E-state index contributed by atoms with van der Waals surface area (Å²) in [7, 11) is 1.77.